The van der Waals surface area contributed by atoms with Crippen molar-refractivity contribution >= 4 is 34.8 Å². The highest BCUT2D eigenvalue weighted by Crippen LogP contribution is 2.31. The summed E-state index contributed by atoms with van der Waals surface area (Å²) in [6.45, 7) is 3.74. The number of hydrogen-bond acceptors (Lipinski definition) is 2. The molecule has 0 spiro atoms. The molecule has 0 saturated heterocycles. The molecule has 0 aliphatic carbocycles. The molecular formula is C13H18Cl3NO. The van der Waals surface area contributed by atoms with Crippen LogP contribution in [0.1, 0.15) is 25.3 Å². The summed E-state index contributed by atoms with van der Waals surface area (Å²) in [5.74, 6) is 0.352. The third kappa shape index (κ3) is 4.94. The fourth-order valence-electron chi connectivity index (χ4n) is 1.61. The van der Waals surface area contributed by atoms with E-state index in [9.17, 15) is 0 Å². The smallest absolute Gasteiger partial charge is 0.0652 e. The molecule has 0 amide bonds. The Kier molecular flexibility index (Phi) is 7.35. The van der Waals surface area contributed by atoms with Crippen LogP contribution in [0.5, 0.6) is 0 Å². The highest BCUT2D eigenvalue weighted by Gasteiger charge is 2.09. The lowest BCUT2D eigenvalue weighted by Crippen LogP contribution is -2.16. The minimum Gasteiger partial charge on any atom is -0.396 e. The highest BCUT2D eigenvalue weighted by atomic mass is 35.5. The van der Waals surface area contributed by atoms with Gasteiger partial charge in [0.2, 0.25) is 0 Å². The van der Waals surface area contributed by atoms with E-state index in [-0.39, 0.29) is 6.61 Å². The van der Waals surface area contributed by atoms with Crippen LogP contribution in [0, 0.1) is 5.92 Å². The van der Waals surface area contributed by atoms with Gasteiger partial charge in [-0.3, -0.25) is 0 Å². The van der Waals surface area contributed by atoms with E-state index < -0.39 is 0 Å². The van der Waals surface area contributed by atoms with Gasteiger partial charge in [-0.15, -0.1) is 0 Å². The van der Waals surface area contributed by atoms with Crippen molar-refractivity contribution in [1.82, 2.24) is 5.32 Å². The molecule has 1 aromatic carbocycles. The van der Waals surface area contributed by atoms with Crippen LogP contribution in [0.3, 0.4) is 0 Å². The maximum Gasteiger partial charge on any atom is 0.0652 e. The fourth-order valence-corrected chi connectivity index (χ4v) is 2.29. The van der Waals surface area contributed by atoms with Gasteiger partial charge in [-0.2, -0.15) is 0 Å². The van der Waals surface area contributed by atoms with Crippen LogP contribution in [0.2, 0.25) is 15.1 Å². The summed E-state index contributed by atoms with van der Waals surface area (Å²) >= 11 is 18.1. The first-order valence-corrected chi connectivity index (χ1v) is 7.13. The van der Waals surface area contributed by atoms with Crippen molar-refractivity contribution in [2.45, 2.75) is 26.3 Å². The molecule has 0 bridgehead atoms. The lowest BCUT2D eigenvalue weighted by molar-refractivity contribution is 0.228. The molecule has 2 N–H and O–H groups in total. The monoisotopic (exact) mass is 309 g/mol. The van der Waals surface area contributed by atoms with Crippen LogP contribution in [0.15, 0.2) is 12.1 Å². The van der Waals surface area contributed by atoms with Crippen molar-refractivity contribution in [3.05, 3.63) is 32.8 Å². The van der Waals surface area contributed by atoms with E-state index in [2.05, 4.69) is 5.32 Å². The van der Waals surface area contributed by atoms with E-state index in [0.29, 0.717) is 27.5 Å². The average Bonchev–Trinajstić information content (AvgIpc) is 2.37. The van der Waals surface area contributed by atoms with E-state index >= 15 is 0 Å². The lowest BCUT2D eigenvalue weighted by Gasteiger charge is -2.11. The Balaban J connectivity index is 2.38. The topological polar surface area (TPSA) is 32.3 Å². The van der Waals surface area contributed by atoms with Gasteiger partial charge in [-0.1, -0.05) is 41.7 Å². The number of halogens is 3. The first-order chi connectivity index (χ1) is 8.56. The van der Waals surface area contributed by atoms with Crippen molar-refractivity contribution in [3.63, 3.8) is 0 Å². The molecule has 0 saturated carbocycles. The standard InChI is InChI=1S/C13H18Cl3NO/c1-9(8-18)3-2-6-17-7-10-11(14)4-5-12(15)13(10)16/h4-5,9,17-18H,2-3,6-8H2,1H3. The molecule has 0 aliphatic rings. The Morgan fingerprint density at radius 2 is 1.89 bits per heavy atom. The summed E-state index contributed by atoms with van der Waals surface area (Å²) in [5.41, 5.74) is 0.834. The molecular weight excluding hydrogens is 293 g/mol. The summed E-state index contributed by atoms with van der Waals surface area (Å²) in [7, 11) is 0. The van der Waals surface area contributed by atoms with E-state index in [1.807, 2.05) is 6.92 Å². The SMILES string of the molecule is CC(CO)CCCNCc1c(Cl)ccc(Cl)c1Cl. The van der Waals surface area contributed by atoms with Gasteiger partial charge in [0.1, 0.15) is 0 Å². The minimum atomic E-state index is 0.242. The highest BCUT2D eigenvalue weighted by molar-refractivity contribution is 6.44. The Morgan fingerprint density at radius 3 is 2.56 bits per heavy atom. The van der Waals surface area contributed by atoms with Crippen LogP contribution in [-0.4, -0.2) is 18.3 Å². The molecule has 2 nitrogen and oxygen atoms in total. The van der Waals surface area contributed by atoms with Gasteiger partial charge in [0, 0.05) is 23.7 Å². The molecule has 0 radical (unpaired) electrons. The maximum atomic E-state index is 8.90. The molecule has 5 heteroatoms. The van der Waals surface area contributed by atoms with Gasteiger partial charge in [-0.25, -0.2) is 0 Å². The van der Waals surface area contributed by atoms with Crippen molar-refractivity contribution in [2.75, 3.05) is 13.2 Å². The molecule has 1 unspecified atom stereocenters. The summed E-state index contributed by atoms with van der Waals surface area (Å²) in [5, 5.41) is 13.8. The van der Waals surface area contributed by atoms with Gasteiger partial charge in [-0.05, 0) is 37.4 Å². The molecule has 0 heterocycles. The molecule has 0 fully saturated rings. The van der Waals surface area contributed by atoms with E-state index in [1.165, 1.54) is 0 Å². The van der Waals surface area contributed by atoms with Crippen molar-refractivity contribution in [1.29, 1.82) is 0 Å². The first-order valence-electron chi connectivity index (χ1n) is 6.00. The summed E-state index contributed by atoms with van der Waals surface area (Å²) in [6.07, 6.45) is 2.01. The van der Waals surface area contributed by atoms with Crippen LogP contribution >= 0.6 is 34.8 Å². The summed E-state index contributed by atoms with van der Waals surface area (Å²) in [4.78, 5) is 0. The zero-order chi connectivity index (χ0) is 13.5. The second kappa shape index (κ2) is 8.23. The molecule has 1 atom stereocenters. The Morgan fingerprint density at radius 1 is 1.22 bits per heavy atom. The molecule has 18 heavy (non-hydrogen) atoms. The van der Waals surface area contributed by atoms with E-state index in [0.717, 1.165) is 24.9 Å². The molecule has 1 aromatic rings. The maximum absolute atomic E-state index is 8.90. The first kappa shape index (κ1) is 16.1. The number of benzene rings is 1. The fraction of sp³-hybridized carbons (Fsp3) is 0.538. The number of rotatable bonds is 7. The molecule has 0 aliphatic heterocycles. The predicted octanol–water partition coefficient (Wildman–Crippen LogP) is 4.15. The van der Waals surface area contributed by atoms with Crippen LogP contribution < -0.4 is 5.32 Å². The second-order valence-corrected chi connectivity index (χ2v) is 5.62. The van der Waals surface area contributed by atoms with Gasteiger partial charge < -0.3 is 10.4 Å². The third-order valence-corrected chi connectivity index (χ3v) is 4.00. The Labute approximate surface area is 123 Å². The minimum absolute atomic E-state index is 0.242. The van der Waals surface area contributed by atoms with Gasteiger partial charge in [0.05, 0.1) is 10.0 Å². The quantitative estimate of drug-likeness (QED) is 0.586. The second-order valence-electron chi connectivity index (χ2n) is 4.43. The van der Waals surface area contributed by atoms with Gasteiger partial charge in [0.15, 0.2) is 0 Å². The molecule has 102 valence electrons. The number of hydrogen-bond donors (Lipinski definition) is 2. The predicted molar refractivity (Wildman–Crippen MR) is 78.7 cm³/mol. The molecule has 1 rings (SSSR count). The van der Waals surface area contributed by atoms with Crippen LogP contribution in [-0.2, 0) is 6.54 Å². The van der Waals surface area contributed by atoms with Gasteiger partial charge >= 0.3 is 0 Å². The number of aliphatic hydroxyl groups is 1. The number of nitrogens with one attached hydrogen (secondary N) is 1. The van der Waals surface area contributed by atoms with Crippen LogP contribution in [0.4, 0.5) is 0 Å². The summed E-state index contributed by atoms with van der Waals surface area (Å²) in [6, 6.07) is 3.44. The van der Waals surface area contributed by atoms with Crippen molar-refractivity contribution in [2.24, 2.45) is 5.92 Å². The van der Waals surface area contributed by atoms with E-state index in [4.69, 9.17) is 39.9 Å². The van der Waals surface area contributed by atoms with Crippen LogP contribution in [0.25, 0.3) is 0 Å². The zero-order valence-corrected chi connectivity index (χ0v) is 12.6. The third-order valence-electron chi connectivity index (χ3n) is 2.80. The zero-order valence-electron chi connectivity index (χ0n) is 10.3. The Hall–Kier alpha value is 0.01000. The average molecular weight is 311 g/mol. The molecule has 0 aromatic heterocycles. The Bertz CT molecular complexity index is 385. The lowest BCUT2D eigenvalue weighted by atomic mass is 10.1. The van der Waals surface area contributed by atoms with Crippen molar-refractivity contribution < 1.29 is 5.11 Å². The largest absolute Gasteiger partial charge is 0.396 e. The summed E-state index contributed by atoms with van der Waals surface area (Å²) < 4.78 is 0. The van der Waals surface area contributed by atoms with Crippen molar-refractivity contribution in [3.8, 4) is 0 Å². The van der Waals surface area contributed by atoms with Gasteiger partial charge in [0.25, 0.3) is 0 Å². The van der Waals surface area contributed by atoms with E-state index in [1.54, 1.807) is 12.1 Å². The normalized spacial score (nSPS) is 12.7. The number of aliphatic hydroxyl groups excluding tert-OH is 1.